The summed E-state index contributed by atoms with van der Waals surface area (Å²) in [5.41, 5.74) is 8.19. The number of aryl methyl sites for hydroxylation is 1. The van der Waals surface area contributed by atoms with Crippen LogP contribution >= 0.6 is 0 Å². The number of pyridine rings is 1. The molecule has 0 spiro atoms. The van der Waals surface area contributed by atoms with Crippen LogP contribution in [-0.2, 0) is 4.79 Å². The summed E-state index contributed by atoms with van der Waals surface area (Å²) in [5.74, 6) is 0.0467. The highest BCUT2D eigenvalue weighted by Gasteiger charge is 2.27. The van der Waals surface area contributed by atoms with Crippen LogP contribution in [0.4, 0.5) is 5.82 Å². The van der Waals surface area contributed by atoms with Gasteiger partial charge in [-0.05, 0) is 55.9 Å². The van der Waals surface area contributed by atoms with E-state index in [1.165, 1.54) is 11.3 Å². The Hall–Kier alpha value is -2.67. The SMILES string of the molecule is Cc1ccc2nc(N3CC[C@H](N)C3)ccc2c1C(=O)N(CC(=O)O)CC1CCCCC1. The van der Waals surface area contributed by atoms with Gasteiger partial charge in [0.05, 0.1) is 11.1 Å². The Bertz CT molecular complexity index is 971. The van der Waals surface area contributed by atoms with Crippen molar-refractivity contribution in [1.29, 1.82) is 0 Å². The number of nitrogens with zero attached hydrogens (tertiary/aromatic N) is 3. The first-order valence-electron chi connectivity index (χ1n) is 11.3. The number of carboxylic acid groups (broad SMARTS) is 1. The normalized spacial score (nSPS) is 19.7. The quantitative estimate of drug-likeness (QED) is 0.739. The number of carboxylic acids is 1. The molecule has 166 valence electrons. The molecule has 0 unspecified atom stereocenters. The van der Waals surface area contributed by atoms with Gasteiger partial charge in [0, 0.05) is 31.1 Å². The number of rotatable bonds is 6. The van der Waals surface area contributed by atoms with Crippen molar-refractivity contribution in [2.45, 2.75) is 51.5 Å². The number of nitrogens with two attached hydrogens (primary N) is 1. The molecule has 1 aliphatic carbocycles. The maximum absolute atomic E-state index is 13.6. The molecule has 1 amide bonds. The fourth-order valence-electron chi connectivity index (χ4n) is 4.98. The number of amides is 1. The molecule has 1 aliphatic heterocycles. The molecule has 31 heavy (non-hydrogen) atoms. The van der Waals surface area contributed by atoms with Gasteiger partial charge in [-0.1, -0.05) is 25.3 Å². The van der Waals surface area contributed by atoms with Crippen LogP contribution in [0.2, 0.25) is 0 Å². The van der Waals surface area contributed by atoms with Gasteiger partial charge < -0.3 is 20.6 Å². The fraction of sp³-hybridized carbons (Fsp3) is 0.542. The summed E-state index contributed by atoms with van der Waals surface area (Å²) < 4.78 is 0. The van der Waals surface area contributed by atoms with E-state index < -0.39 is 5.97 Å². The molecule has 2 fully saturated rings. The molecule has 1 saturated heterocycles. The molecule has 2 aliphatic rings. The van der Waals surface area contributed by atoms with E-state index in [0.717, 1.165) is 67.5 Å². The Kier molecular flexibility index (Phi) is 6.41. The van der Waals surface area contributed by atoms with Gasteiger partial charge >= 0.3 is 5.97 Å². The summed E-state index contributed by atoms with van der Waals surface area (Å²) in [6.07, 6.45) is 6.59. The lowest BCUT2D eigenvalue weighted by molar-refractivity contribution is -0.137. The third-order valence-corrected chi connectivity index (χ3v) is 6.64. The second-order valence-electron chi connectivity index (χ2n) is 9.07. The van der Waals surface area contributed by atoms with E-state index in [9.17, 15) is 14.7 Å². The van der Waals surface area contributed by atoms with Crippen LogP contribution < -0.4 is 10.6 Å². The van der Waals surface area contributed by atoms with Crippen molar-refractivity contribution in [1.82, 2.24) is 9.88 Å². The molecule has 1 saturated carbocycles. The van der Waals surface area contributed by atoms with Crippen LogP contribution in [0, 0.1) is 12.8 Å². The number of hydrogen-bond donors (Lipinski definition) is 2. The highest BCUT2D eigenvalue weighted by molar-refractivity contribution is 6.08. The summed E-state index contributed by atoms with van der Waals surface area (Å²) in [4.78, 5) is 33.6. The van der Waals surface area contributed by atoms with Crippen LogP contribution in [0.3, 0.4) is 0 Å². The van der Waals surface area contributed by atoms with E-state index in [4.69, 9.17) is 10.7 Å². The summed E-state index contributed by atoms with van der Waals surface area (Å²) in [7, 11) is 0. The zero-order valence-corrected chi connectivity index (χ0v) is 18.2. The molecule has 0 radical (unpaired) electrons. The Morgan fingerprint density at radius 3 is 2.61 bits per heavy atom. The van der Waals surface area contributed by atoms with Gasteiger partial charge in [0.15, 0.2) is 0 Å². The monoisotopic (exact) mass is 424 g/mol. The van der Waals surface area contributed by atoms with Crippen molar-refractivity contribution in [3.63, 3.8) is 0 Å². The van der Waals surface area contributed by atoms with Crippen molar-refractivity contribution in [3.05, 3.63) is 35.4 Å². The molecule has 7 nitrogen and oxygen atoms in total. The Morgan fingerprint density at radius 1 is 1.16 bits per heavy atom. The lowest BCUT2D eigenvalue weighted by Crippen LogP contribution is -2.40. The Labute approximate surface area is 183 Å². The van der Waals surface area contributed by atoms with Crippen LogP contribution in [0.25, 0.3) is 10.9 Å². The number of carbonyl (C=O) groups is 2. The molecule has 1 atom stereocenters. The summed E-state index contributed by atoms with van der Waals surface area (Å²) in [5, 5.41) is 10.2. The van der Waals surface area contributed by atoms with E-state index in [-0.39, 0.29) is 18.5 Å². The van der Waals surface area contributed by atoms with Crippen LogP contribution in [0.1, 0.15) is 54.4 Å². The number of fused-ring (bicyclic) bond motifs is 1. The number of carbonyl (C=O) groups excluding carboxylic acids is 1. The first kappa shape index (κ1) is 21.6. The number of aromatic nitrogens is 1. The van der Waals surface area contributed by atoms with Crippen molar-refractivity contribution in [2.75, 3.05) is 31.1 Å². The first-order chi connectivity index (χ1) is 14.9. The van der Waals surface area contributed by atoms with Gasteiger partial charge in [0.1, 0.15) is 12.4 Å². The van der Waals surface area contributed by atoms with Crippen molar-refractivity contribution < 1.29 is 14.7 Å². The van der Waals surface area contributed by atoms with Gasteiger partial charge in [0.2, 0.25) is 0 Å². The third kappa shape index (κ3) is 4.82. The predicted octanol–water partition coefficient (Wildman–Crippen LogP) is 3.19. The predicted molar refractivity (Wildman–Crippen MR) is 121 cm³/mol. The Balaban J connectivity index is 1.65. The number of benzene rings is 1. The molecule has 4 rings (SSSR count). The molecular formula is C24H32N4O3. The van der Waals surface area contributed by atoms with Crippen LogP contribution in [0.15, 0.2) is 24.3 Å². The second kappa shape index (κ2) is 9.22. The lowest BCUT2D eigenvalue weighted by atomic mass is 9.88. The van der Waals surface area contributed by atoms with Crippen molar-refractivity contribution in [3.8, 4) is 0 Å². The molecule has 3 N–H and O–H groups in total. The maximum atomic E-state index is 13.6. The second-order valence-corrected chi connectivity index (χ2v) is 9.07. The molecule has 1 aromatic carbocycles. The van der Waals surface area contributed by atoms with E-state index in [1.807, 2.05) is 31.2 Å². The molecular weight excluding hydrogens is 392 g/mol. The molecule has 0 bridgehead atoms. The van der Waals surface area contributed by atoms with Crippen molar-refractivity contribution >= 4 is 28.6 Å². The summed E-state index contributed by atoms with van der Waals surface area (Å²) in [6.45, 7) is 3.79. The minimum Gasteiger partial charge on any atom is -0.480 e. The zero-order valence-electron chi connectivity index (χ0n) is 18.2. The van der Waals surface area contributed by atoms with E-state index in [0.29, 0.717) is 18.0 Å². The van der Waals surface area contributed by atoms with Gasteiger partial charge in [-0.15, -0.1) is 0 Å². The highest BCUT2D eigenvalue weighted by atomic mass is 16.4. The average molecular weight is 425 g/mol. The molecule has 2 aromatic rings. The maximum Gasteiger partial charge on any atom is 0.323 e. The standard InChI is InChI=1S/C24H32N4O3/c1-16-7-9-20-19(8-10-21(26-20)27-12-11-18(25)14-27)23(16)24(31)28(15-22(29)30)13-17-5-3-2-4-6-17/h7-10,17-18H,2-6,11-15,25H2,1H3,(H,29,30)/t18-/m0/s1. The Morgan fingerprint density at radius 2 is 1.94 bits per heavy atom. The average Bonchev–Trinajstić information content (AvgIpc) is 3.19. The molecule has 1 aromatic heterocycles. The van der Waals surface area contributed by atoms with E-state index in [1.54, 1.807) is 0 Å². The minimum atomic E-state index is -0.979. The van der Waals surface area contributed by atoms with Gasteiger partial charge in [-0.25, -0.2) is 4.98 Å². The van der Waals surface area contributed by atoms with E-state index in [2.05, 4.69) is 4.90 Å². The van der Waals surface area contributed by atoms with Crippen LogP contribution in [0.5, 0.6) is 0 Å². The smallest absolute Gasteiger partial charge is 0.323 e. The van der Waals surface area contributed by atoms with Crippen LogP contribution in [-0.4, -0.2) is 59.1 Å². The highest BCUT2D eigenvalue weighted by Crippen LogP contribution is 2.29. The fourth-order valence-corrected chi connectivity index (χ4v) is 4.98. The summed E-state index contributed by atoms with van der Waals surface area (Å²) in [6, 6.07) is 7.89. The van der Waals surface area contributed by atoms with E-state index >= 15 is 0 Å². The minimum absolute atomic E-state index is 0.164. The number of hydrogen-bond acceptors (Lipinski definition) is 5. The number of aliphatic carboxylic acids is 1. The molecule has 2 heterocycles. The largest absolute Gasteiger partial charge is 0.480 e. The topological polar surface area (TPSA) is 99.8 Å². The van der Waals surface area contributed by atoms with Crippen molar-refractivity contribution in [2.24, 2.45) is 11.7 Å². The first-order valence-corrected chi connectivity index (χ1v) is 11.3. The number of anilines is 1. The van der Waals surface area contributed by atoms with Gasteiger partial charge in [-0.3, -0.25) is 9.59 Å². The summed E-state index contributed by atoms with van der Waals surface area (Å²) >= 11 is 0. The molecule has 7 heteroatoms. The zero-order chi connectivity index (χ0) is 22.0. The van der Waals surface area contributed by atoms with Gasteiger partial charge in [-0.2, -0.15) is 0 Å². The van der Waals surface area contributed by atoms with Gasteiger partial charge in [0.25, 0.3) is 5.91 Å². The third-order valence-electron chi connectivity index (χ3n) is 6.64. The lowest BCUT2D eigenvalue weighted by Gasteiger charge is -2.29.